The zero-order valence-electron chi connectivity index (χ0n) is 13.3. The highest BCUT2D eigenvalue weighted by molar-refractivity contribution is 7.92. The van der Waals surface area contributed by atoms with Crippen LogP contribution in [0, 0.1) is 4.78 Å². The molecule has 0 aliphatic rings. The SMILES string of the molecule is CCCS(=N)(=O)c1nc(N)c2[nH]c(=O)n(Cc3ccc(Cl)nc3)c2n1. The lowest BCUT2D eigenvalue weighted by Gasteiger charge is -2.07. The molecule has 3 aromatic rings. The first-order valence-electron chi connectivity index (χ1n) is 7.45. The number of nitrogen functional groups attached to an aromatic ring is 1. The maximum atomic E-state index is 12.5. The van der Waals surface area contributed by atoms with Crippen LogP contribution in [0.15, 0.2) is 28.3 Å². The third kappa shape index (κ3) is 3.35. The lowest BCUT2D eigenvalue weighted by molar-refractivity contribution is 0.665. The molecule has 0 spiro atoms. The van der Waals surface area contributed by atoms with Gasteiger partial charge in [-0.25, -0.2) is 23.8 Å². The van der Waals surface area contributed by atoms with E-state index in [0.29, 0.717) is 11.6 Å². The van der Waals surface area contributed by atoms with Gasteiger partial charge in [0.1, 0.15) is 20.4 Å². The summed E-state index contributed by atoms with van der Waals surface area (Å²) < 4.78 is 21.8. The number of anilines is 1. The molecule has 0 bridgehead atoms. The average molecular weight is 382 g/mol. The van der Waals surface area contributed by atoms with Crippen LogP contribution in [0.2, 0.25) is 5.15 Å². The van der Waals surface area contributed by atoms with Gasteiger partial charge in [0.15, 0.2) is 11.5 Å². The molecular weight excluding hydrogens is 366 g/mol. The van der Waals surface area contributed by atoms with Gasteiger partial charge < -0.3 is 10.7 Å². The molecule has 132 valence electrons. The molecule has 3 heterocycles. The number of rotatable bonds is 5. The minimum Gasteiger partial charge on any atom is -0.382 e. The van der Waals surface area contributed by atoms with Crippen LogP contribution in [-0.4, -0.2) is 34.5 Å². The molecule has 0 saturated heterocycles. The number of aromatic amines is 1. The maximum Gasteiger partial charge on any atom is 0.328 e. The molecule has 1 unspecified atom stereocenters. The van der Waals surface area contributed by atoms with Crippen LogP contribution in [0.3, 0.4) is 0 Å². The second-order valence-corrected chi connectivity index (χ2v) is 7.99. The second kappa shape index (κ2) is 6.45. The Labute approximate surface area is 148 Å². The normalized spacial score (nSPS) is 13.8. The number of halogens is 1. The Hall–Kier alpha value is -2.46. The molecule has 3 rings (SSSR count). The van der Waals surface area contributed by atoms with Gasteiger partial charge in [-0.1, -0.05) is 24.6 Å². The summed E-state index contributed by atoms with van der Waals surface area (Å²) in [6.07, 6.45) is 2.09. The van der Waals surface area contributed by atoms with Crippen LogP contribution < -0.4 is 11.4 Å². The van der Waals surface area contributed by atoms with E-state index in [1.807, 2.05) is 6.92 Å². The van der Waals surface area contributed by atoms with Gasteiger partial charge in [0, 0.05) is 11.9 Å². The number of fused-ring (bicyclic) bond motifs is 1. The van der Waals surface area contributed by atoms with Gasteiger partial charge in [0.25, 0.3) is 0 Å². The van der Waals surface area contributed by atoms with Crippen molar-refractivity contribution in [1.82, 2.24) is 24.5 Å². The summed E-state index contributed by atoms with van der Waals surface area (Å²) in [5.74, 6) is 0.106. The molecular formula is C14H16ClN7O2S. The summed E-state index contributed by atoms with van der Waals surface area (Å²) in [5, 5.41) is 0.179. The van der Waals surface area contributed by atoms with Crippen molar-refractivity contribution in [1.29, 1.82) is 4.78 Å². The van der Waals surface area contributed by atoms with Crippen LogP contribution in [0.1, 0.15) is 18.9 Å². The molecule has 11 heteroatoms. The van der Waals surface area contributed by atoms with E-state index in [0.717, 1.165) is 5.56 Å². The Morgan fingerprint density at radius 1 is 1.40 bits per heavy atom. The molecule has 0 radical (unpaired) electrons. The Balaban J connectivity index is 2.15. The van der Waals surface area contributed by atoms with Crippen molar-refractivity contribution in [2.24, 2.45) is 0 Å². The lowest BCUT2D eigenvalue weighted by Crippen LogP contribution is -2.18. The van der Waals surface area contributed by atoms with E-state index in [1.54, 1.807) is 18.3 Å². The number of nitrogens with two attached hydrogens (primary N) is 1. The first-order chi connectivity index (χ1) is 11.8. The van der Waals surface area contributed by atoms with E-state index in [2.05, 4.69) is 19.9 Å². The highest BCUT2D eigenvalue weighted by Gasteiger charge is 2.19. The Bertz CT molecular complexity index is 1090. The molecule has 25 heavy (non-hydrogen) atoms. The van der Waals surface area contributed by atoms with Gasteiger partial charge in [-0.15, -0.1) is 0 Å². The predicted octanol–water partition coefficient (Wildman–Crippen LogP) is 1.61. The Morgan fingerprint density at radius 2 is 2.16 bits per heavy atom. The van der Waals surface area contributed by atoms with E-state index in [-0.39, 0.29) is 34.4 Å². The summed E-state index contributed by atoms with van der Waals surface area (Å²) in [6.45, 7) is 1.99. The summed E-state index contributed by atoms with van der Waals surface area (Å²) in [7, 11) is -3.17. The smallest absolute Gasteiger partial charge is 0.328 e. The van der Waals surface area contributed by atoms with Crippen LogP contribution in [-0.2, 0) is 16.3 Å². The van der Waals surface area contributed by atoms with Crippen molar-refractivity contribution in [2.75, 3.05) is 11.5 Å². The van der Waals surface area contributed by atoms with Gasteiger partial charge in [0.05, 0.1) is 6.54 Å². The monoisotopic (exact) mass is 381 g/mol. The average Bonchev–Trinajstić information content (AvgIpc) is 2.86. The van der Waals surface area contributed by atoms with Crippen molar-refractivity contribution >= 4 is 38.3 Å². The summed E-state index contributed by atoms with van der Waals surface area (Å²) >= 11 is 5.77. The third-order valence-corrected chi connectivity index (χ3v) is 5.53. The van der Waals surface area contributed by atoms with Crippen molar-refractivity contribution in [3.8, 4) is 0 Å². The lowest BCUT2D eigenvalue weighted by atomic mass is 10.3. The zero-order valence-corrected chi connectivity index (χ0v) is 14.9. The summed E-state index contributed by atoms with van der Waals surface area (Å²) in [6, 6.07) is 3.35. The highest BCUT2D eigenvalue weighted by Crippen LogP contribution is 2.19. The van der Waals surface area contributed by atoms with E-state index in [4.69, 9.17) is 22.1 Å². The molecule has 0 saturated carbocycles. The van der Waals surface area contributed by atoms with Crippen LogP contribution in [0.25, 0.3) is 11.2 Å². The van der Waals surface area contributed by atoms with Crippen LogP contribution in [0.5, 0.6) is 0 Å². The second-order valence-electron chi connectivity index (χ2n) is 5.47. The van der Waals surface area contributed by atoms with Crippen LogP contribution in [0.4, 0.5) is 5.82 Å². The molecule has 0 fully saturated rings. The molecule has 0 amide bonds. The van der Waals surface area contributed by atoms with Crippen LogP contribution >= 0.6 is 11.6 Å². The largest absolute Gasteiger partial charge is 0.382 e. The number of hydrogen-bond acceptors (Lipinski definition) is 7. The fourth-order valence-electron chi connectivity index (χ4n) is 2.39. The summed E-state index contributed by atoms with van der Waals surface area (Å²) in [4.78, 5) is 27.0. The number of nitrogens with one attached hydrogen (secondary N) is 2. The number of aromatic nitrogens is 5. The number of pyridine rings is 1. The predicted molar refractivity (Wildman–Crippen MR) is 95.2 cm³/mol. The van der Waals surface area contributed by atoms with Crippen molar-refractivity contribution < 1.29 is 4.21 Å². The maximum absolute atomic E-state index is 12.5. The molecule has 3 aromatic heterocycles. The first-order valence-corrected chi connectivity index (χ1v) is 9.55. The van der Waals surface area contributed by atoms with E-state index in [9.17, 15) is 9.00 Å². The molecule has 0 aliphatic heterocycles. The fourth-order valence-corrected chi connectivity index (χ4v) is 3.74. The van der Waals surface area contributed by atoms with Gasteiger partial charge in [-0.2, -0.15) is 4.98 Å². The zero-order chi connectivity index (χ0) is 18.2. The van der Waals surface area contributed by atoms with Crippen molar-refractivity contribution in [3.05, 3.63) is 39.5 Å². The summed E-state index contributed by atoms with van der Waals surface area (Å²) in [5.41, 5.74) is 6.62. The number of nitrogens with zero attached hydrogens (tertiary/aromatic N) is 4. The van der Waals surface area contributed by atoms with Gasteiger partial charge in [0.2, 0.25) is 5.16 Å². The fraction of sp³-hybridized carbons (Fsp3) is 0.286. The molecule has 4 N–H and O–H groups in total. The topological polar surface area (TPSA) is 143 Å². The van der Waals surface area contributed by atoms with Crippen molar-refractivity contribution in [2.45, 2.75) is 25.0 Å². The van der Waals surface area contributed by atoms with E-state index < -0.39 is 15.4 Å². The standard InChI is InChI=1S/C14H16ClN7O2S/c1-2-5-25(17,24)13-20-11(16)10-12(21-13)22(14(23)19-10)7-8-3-4-9(15)18-6-8/h3-4,6,17H,2,5,7H2,1H3,(H,19,23)(H2,16,20,21). The van der Waals surface area contributed by atoms with E-state index in [1.165, 1.54) is 4.57 Å². The quantitative estimate of drug-likeness (QED) is 0.452. The third-order valence-electron chi connectivity index (χ3n) is 3.55. The number of hydrogen-bond donors (Lipinski definition) is 3. The minimum atomic E-state index is -3.17. The Kier molecular flexibility index (Phi) is 4.48. The Morgan fingerprint density at radius 3 is 2.80 bits per heavy atom. The molecule has 1 atom stereocenters. The van der Waals surface area contributed by atoms with Gasteiger partial charge >= 0.3 is 5.69 Å². The minimum absolute atomic E-state index is 0.0128. The molecule has 0 aromatic carbocycles. The van der Waals surface area contributed by atoms with Crippen molar-refractivity contribution in [3.63, 3.8) is 0 Å². The highest BCUT2D eigenvalue weighted by atomic mass is 35.5. The first kappa shape index (κ1) is 17.4. The molecule has 9 nitrogen and oxygen atoms in total. The molecule has 0 aliphatic carbocycles. The van der Waals surface area contributed by atoms with E-state index >= 15 is 0 Å². The van der Waals surface area contributed by atoms with Gasteiger partial charge in [-0.05, 0) is 18.1 Å². The van der Waals surface area contributed by atoms with Gasteiger partial charge in [-0.3, -0.25) is 4.57 Å². The number of imidazole rings is 1. The number of H-pyrrole nitrogens is 1.